The first-order valence-corrected chi connectivity index (χ1v) is 8.55. The van der Waals surface area contributed by atoms with Gasteiger partial charge in [-0.15, -0.1) is 0 Å². The van der Waals surface area contributed by atoms with E-state index < -0.39 is 6.03 Å². The normalized spacial score (nSPS) is 15.7. The molecule has 3 amide bonds. The summed E-state index contributed by atoms with van der Waals surface area (Å²) < 4.78 is 10.3. The van der Waals surface area contributed by atoms with Gasteiger partial charge in [-0.1, -0.05) is 5.16 Å². The number of amides is 3. The Hall–Kier alpha value is -2.65. The van der Waals surface area contributed by atoms with Crippen molar-refractivity contribution in [3.63, 3.8) is 0 Å². The number of aromatic nitrogens is 1. The lowest BCUT2D eigenvalue weighted by molar-refractivity contribution is -0.121. The molecule has 2 aromatic heterocycles. The van der Waals surface area contributed by atoms with Crippen LogP contribution in [0, 0.1) is 6.92 Å². The van der Waals surface area contributed by atoms with Crippen molar-refractivity contribution in [2.24, 2.45) is 0 Å². The van der Waals surface area contributed by atoms with Gasteiger partial charge in [0.25, 0.3) is 0 Å². The lowest BCUT2D eigenvalue weighted by Crippen LogP contribution is -2.50. The lowest BCUT2D eigenvalue weighted by Gasteiger charge is -2.33. The van der Waals surface area contributed by atoms with Crippen LogP contribution in [0.3, 0.4) is 0 Å². The summed E-state index contributed by atoms with van der Waals surface area (Å²) in [5.74, 6) is 1.16. The van der Waals surface area contributed by atoms with Crippen LogP contribution in [0.2, 0.25) is 0 Å². The van der Waals surface area contributed by atoms with Gasteiger partial charge in [0, 0.05) is 32.2 Å². The zero-order valence-electron chi connectivity index (χ0n) is 14.7. The molecule has 3 rings (SSSR count). The minimum absolute atomic E-state index is 0.198. The van der Waals surface area contributed by atoms with Gasteiger partial charge in [0.1, 0.15) is 5.76 Å². The first kappa shape index (κ1) is 18.2. The first-order valence-electron chi connectivity index (χ1n) is 8.55. The Labute approximate surface area is 151 Å². The van der Waals surface area contributed by atoms with E-state index in [0.29, 0.717) is 5.76 Å². The predicted octanol–water partition coefficient (Wildman–Crippen LogP) is 0.720. The van der Waals surface area contributed by atoms with Gasteiger partial charge in [0.2, 0.25) is 5.91 Å². The highest BCUT2D eigenvalue weighted by Gasteiger charge is 2.20. The van der Waals surface area contributed by atoms with Crippen molar-refractivity contribution in [1.82, 2.24) is 25.6 Å². The second kappa shape index (κ2) is 8.63. The van der Waals surface area contributed by atoms with E-state index in [4.69, 9.17) is 8.94 Å². The number of urea groups is 1. The quantitative estimate of drug-likeness (QED) is 0.781. The van der Waals surface area contributed by atoms with E-state index in [1.54, 1.807) is 12.1 Å². The Morgan fingerprint density at radius 2 is 1.96 bits per heavy atom. The molecule has 0 spiro atoms. The monoisotopic (exact) mass is 361 g/mol. The molecule has 9 heteroatoms. The van der Waals surface area contributed by atoms with Crippen LogP contribution in [0.4, 0.5) is 4.79 Å². The number of hydrogen-bond donors (Lipinski definition) is 2. The molecule has 0 radical (unpaired) electrons. The van der Waals surface area contributed by atoms with E-state index in [9.17, 15) is 9.59 Å². The third-order valence-corrected chi connectivity index (χ3v) is 4.14. The van der Waals surface area contributed by atoms with Crippen LogP contribution in [0.5, 0.6) is 0 Å². The molecule has 0 aromatic carbocycles. The van der Waals surface area contributed by atoms with Gasteiger partial charge in [-0.05, 0) is 19.1 Å². The number of rotatable bonds is 6. The van der Waals surface area contributed by atoms with E-state index in [2.05, 4.69) is 20.7 Å². The van der Waals surface area contributed by atoms with Crippen molar-refractivity contribution in [3.05, 3.63) is 41.7 Å². The Bertz CT molecular complexity index is 719. The molecular weight excluding hydrogens is 338 g/mol. The molecule has 140 valence electrons. The maximum absolute atomic E-state index is 12.0. The van der Waals surface area contributed by atoms with Gasteiger partial charge in [0.15, 0.2) is 5.76 Å². The third kappa shape index (κ3) is 5.43. The molecule has 1 aliphatic heterocycles. The minimum atomic E-state index is -0.522. The average molecular weight is 361 g/mol. The van der Waals surface area contributed by atoms with Crippen LogP contribution in [-0.2, 0) is 17.9 Å². The molecule has 0 unspecified atom stereocenters. The van der Waals surface area contributed by atoms with Crippen molar-refractivity contribution >= 4 is 11.9 Å². The summed E-state index contributed by atoms with van der Waals surface area (Å²) in [6.45, 7) is 6.23. The van der Waals surface area contributed by atoms with Crippen LogP contribution in [0.1, 0.15) is 17.2 Å². The number of imide groups is 1. The van der Waals surface area contributed by atoms with Crippen LogP contribution >= 0.6 is 0 Å². The van der Waals surface area contributed by atoms with Crippen molar-refractivity contribution < 1.29 is 18.5 Å². The number of furan rings is 1. The van der Waals surface area contributed by atoms with Gasteiger partial charge < -0.3 is 14.3 Å². The van der Waals surface area contributed by atoms with Crippen molar-refractivity contribution in [1.29, 1.82) is 0 Å². The summed E-state index contributed by atoms with van der Waals surface area (Å²) in [5.41, 5.74) is 0.876. The molecule has 0 bridgehead atoms. The van der Waals surface area contributed by atoms with Crippen LogP contribution in [0.25, 0.3) is 0 Å². The van der Waals surface area contributed by atoms with E-state index in [-0.39, 0.29) is 19.0 Å². The predicted molar refractivity (Wildman–Crippen MR) is 92.0 cm³/mol. The molecule has 0 atom stereocenters. The van der Waals surface area contributed by atoms with Gasteiger partial charge in [-0.25, -0.2) is 4.79 Å². The highest BCUT2D eigenvalue weighted by molar-refractivity contribution is 5.95. The maximum Gasteiger partial charge on any atom is 0.321 e. The maximum atomic E-state index is 12.0. The summed E-state index contributed by atoms with van der Waals surface area (Å²) >= 11 is 0. The Kier molecular flexibility index (Phi) is 6.03. The Balaban J connectivity index is 1.33. The summed E-state index contributed by atoms with van der Waals surface area (Å²) in [6, 6.07) is 4.90. The summed E-state index contributed by atoms with van der Waals surface area (Å²) in [6.07, 6.45) is 1.53. The van der Waals surface area contributed by atoms with Crippen LogP contribution in [-0.4, -0.2) is 59.6 Å². The number of nitrogens with zero attached hydrogens (tertiary/aromatic N) is 3. The molecule has 26 heavy (non-hydrogen) atoms. The topological polar surface area (TPSA) is 104 Å². The van der Waals surface area contributed by atoms with Crippen molar-refractivity contribution in [2.75, 3.05) is 32.7 Å². The molecule has 2 aromatic rings. The highest BCUT2D eigenvalue weighted by atomic mass is 16.5. The van der Waals surface area contributed by atoms with Crippen molar-refractivity contribution in [2.45, 2.75) is 20.0 Å². The highest BCUT2D eigenvalue weighted by Crippen LogP contribution is 2.09. The van der Waals surface area contributed by atoms with Gasteiger partial charge >= 0.3 is 6.03 Å². The minimum Gasteiger partial charge on any atom is -0.467 e. The van der Waals surface area contributed by atoms with Gasteiger partial charge in [-0.2, -0.15) is 0 Å². The van der Waals surface area contributed by atoms with E-state index in [1.807, 2.05) is 17.9 Å². The molecule has 1 aliphatic rings. The van der Waals surface area contributed by atoms with Crippen LogP contribution in [0.15, 0.2) is 33.4 Å². The number of nitrogens with one attached hydrogen (secondary N) is 2. The zero-order chi connectivity index (χ0) is 18.4. The second-order valence-electron chi connectivity index (χ2n) is 6.30. The Morgan fingerprint density at radius 1 is 1.19 bits per heavy atom. The molecule has 1 saturated heterocycles. The Morgan fingerprint density at radius 3 is 2.62 bits per heavy atom. The summed E-state index contributed by atoms with van der Waals surface area (Å²) in [5, 5.41) is 8.80. The van der Waals surface area contributed by atoms with Gasteiger partial charge in [-0.3, -0.25) is 19.9 Å². The molecule has 0 aliphatic carbocycles. The molecule has 3 heterocycles. The number of piperazine rings is 1. The number of aryl methyl sites for hydroxylation is 1. The third-order valence-electron chi connectivity index (χ3n) is 4.14. The SMILES string of the molecule is Cc1cc(CN2CCN(CC(=O)NC(=O)NCc3ccco3)CC2)on1. The number of carbonyl (C=O) groups is 2. The average Bonchev–Trinajstić information content (AvgIpc) is 3.26. The largest absolute Gasteiger partial charge is 0.467 e. The molecule has 0 saturated carbocycles. The molecule has 9 nitrogen and oxygen atoms in total. The molecular formula is C17H23N5O4. The summed E-state index contributed by atoms with van der Waals surface area (Å²) in [4.78, 5) is 28.0. The lowest BCUT2D eigenvalue weighted by atomic mass is 10.3. The molecule has 2 N–H and O–H groups in total. The van der Waals surface area contributed by atoms with E-state index in [0.717, 1.165) is 44.2 Å². The first-order chi connectivity index (χ1) is 12.6. The van der Waals surface area contributed by atoms with Crippen LogP contribution < -0.4 is 10.6 Å². The fraction of sp³-hybridized carbons (Fsp3) is 0.471. The van der Waals surface area contributed by atoms with Crippen molar-refractivity contribution in [3.8, 4) is 0 Å². The zero-order valence-corrected chi connectivity index (χ0v) is 14.7. The fourth-order valence-electron chi connectivity index (χ4n) is 2.81. The molecule has 1 fully saturated rings. The van der Waals surface area contributed by atoms with E-state index in [1.165, 1.54) is 6.26 Å². The number of carbonyl (C=O) groups excluding carboxylic acids is 2. The van der Waals surface area contributed by atoms with E-state index >= 15 is 0 Å². The summed E-state index contributed by atoms with van der Waals surface area (Å²) in [7, 11) is 0. The second-order valence-corrected chi connectivity index (χ2v) is 6.30. The fourth-order valence-corrected chi connectivity index (χ4v) is 2.81. The van der Waals surface area contributed by atoms with Gasteiger partial charge in [0.05, 0.1) is 31.6 Å². The smallest absolute Gasteiger partial charge is 0.321 e. The standard InChI is InChI=1S/C17H23N5O4/c1-13-9-15(26-20-13)11-21-4-6-22(7-5-21)12-16(23)19-17(24)18-10-14-3-2-8-25-14/h2-3,8-9H,4-7,10-12H2,1H3,(H2,18,19,23,24). The number of hydrogen-bond acceptors (Lipinski definition) is 7.